The van der Waals surface area contributed by atoms with Crippen LogP contribution in [0.3, 0.4) is 0 Å². The maximum Gasteiger partial charge on any atom is 0.0940 e. The van der Waals surface area contributed by atoms with E-state index >= 15 is 0 Å². The number of amidine groups is 1. The normalized spacial score (nSPS) is 24.8. The summed E-state index contributed by atoms with van der Waals surface area (Å²) in [6.07, 6.45) is 6.83. The van der Waals surface area contributed by atoms with Gasteiger partial charge >= 0.3 is 0 Å². The van der Waals surface area contributed by atoms with Gasteiger partial charge in [0.2, 0.25) is 0 Å². The molecule has 0 radical (unpaired) electrons. The van der Waals surface area contributed by atoms with Gasteiger partial charge in [-0.15, -0.1) is 0 Å². The molecule has 1 atom stereocenters. The van der Waals surface area contributed by atoms with Crippen LogP contribution in [0.5, 0.6) is 0 Å². The van der Waals surface area contributed by atoms with Gasteiger partial charge in [0.15, 0.2) is 0 Å². The number of rotatable bonds is 3. The molecule has 1 aliphatic rings. The second-order valence-corrected chi connectivity index (χ2v) is 3.45. The Kier molecular flexibility index (Phi) is 4.08. The van der Waals surface area contributed by atoms with Crippen LogP contribution in [0.4, 0.5) is 0 Å². The summed E-state index contributed by atoms with van der Waals surface area (Å²) in [5.41, 5.74) is 11.2. The molecule has 1 unspecified atom stereocenters. The van der Waals surface area contributed by atoms with Crippen LogP contribution in [0.25, 0.3) is 0 Å². The lowest BCUT2D eigenvalue weighted by Gasteiger charge is -2.08. The first-order valence-electron chi connectivity index (χ1n) is 4.85. The van der Waals surface area contributed by atoms with E-state index < -0.39 is 0 Å². The van der Waals surface area contributed by atoms with E-state index in [9.17, 15) is 0 Å². The summed E-state index contributed by atoms with van der Waals surface area (Å²) in [6, 6.07) is 0.455. The highest BCUT2D eigenvalue weighted by molar-refractivity contribution is 5.80. The van der Waals surface area contributed by atoms with Gasteiger partial charge in [-0.25, -0.2) is 0 Å². The summed E-state index contributed by atoms with van der Waals surface area (Å²) in [6.45, 7) is 0.770. The first-order chi connectivity index (χ1) is 5.83. The molecule has 0 aromatic rings. The highest BCUT2D eigenvalue weighted by atomic mass is 14.9. The Labute approximate surface area is 74.2 Å². The van der Waals surface area contributed by atoms with Crippen molar-refractivity contribution in [2.24, 2.45) is 16.5 Å². The molecule has 1 rings (SSSR count). The van der Waals surface area contributed by atoms with Crippen LogP contribution in [-0.4, -0.2) is 18.4 Å². The van der Waals surface area contributed by atoms with Gasteiger partial charge in [0.1, 0.15) is 0 Å². The monoisotopic (exact) mass is 169 g/mol. The molecular formula is C9H19N3. The zero-order valence-electron chi connectivity index (χ0n) is 7.63. The smallest absolute Gasteiger partial charge is 0.0940 e. The fourth-order valence-electron chi connectivity index (χ4n) is 1.61. The first-order valence-corrected chi connectivity index (χ1v) is 4.85. The van der Waals surface area contributed by atoms with Crippen molar-refractivity contribution in [2.45, 2.75) is 44.6 Å². The molecule has 0 amide bonds. The van der Waals surface area contributed by atoms with Crippen molar-refractivity contribution in [3.8, 4) is 0 Å². The van der Waals surface area contributed by atoms with Crippen molar-refractivity contribution in [3.05, 3.63) is 0 Å². The molecule has 1 heterocycles. The number of hydrogen-bond donors (Lipinski definition) is 2. The molecule has 1 aliphatic heterocycles. The van der Waals surface area contributed by atoms with Crippen molar-refractivity contribution >= 4 is 5.84 Å². The summed E-state index contributed by atoms with van der Waals surface area (Å²) in [7, 11) is 0. The zero-order valence-corrected chi connectivity index (χ0v) is 7.63. The standard InChI is InChI=1S/C9H19N3/c10-7-3-5-8-4-1-2-6-9(11)12-8/h8H,1-7,10H2,(H2,11,12). The molecule has 0 spiro atoms. The third-order valence-corrected chi connectivity index (χ3v) is 2.31. The van der Waals surface area contributed by atoms with Gasteiger partial charge in [0.25, 0.3) is 0 Å². The molecule has 3 nitrogen and oxygen atoms in total. The second-order valence-electron chi connectivity index (χ2n) is 3.45. The fourth-order valence-corrected chi connectivity index (χ4v) is 1.61. The molecule has 0 aromatic heterocycles. The van der Waals surface area contributed by atoms with Crippen molar-refractivity contribution in [1.29, 1.82) is 0 Å². The molecule has 0 saturated carbocycles. The molecule has 0 aliphatic carbocycles. The Morgan fingerprint density at radius 2 is 2.25 bits per heavy atom. The van der Waals surface area contributed by atoms with Crippen molar-refractivity contribution in [3.63, 3.8) is 0 Å². The Morgan fingerprint density at radius 1 is 1.42 bits per heavy atom. The predicted molar refractivity (Wildman–Crippen MR) is 52.2 cm³/mol. The van der Waals surface area contributed by atoms with E-state index in [2.05, 4.69) is 4.99 Å². The Bertz CT molecular complexity index is 154. The summed E-state index contributed by atoms with van der Waals surface area (Å²) in [4.78, 5) is 4.45. The van der Waals surface area contributed by atoms with Gasteiger partial charge in [0.05, 0.1) is 11.9 Å². The first kappa shape index (κ1) is 9.52. The highest BCUT2D eigenvalue weighted by Crippen LogP contribution is 2.15. The number of nitrogens with two attached hydrogens (primary N) is 2. The molecule has 0 fully saturated rings. The van der Waals surface area contributed by atoms with Gasteiger partial charge in [-0.1, -0.05) is 6.42 Å². The van der Waals surface area contributed by atoms with Crippen LogP contribution in [0.15, 0.2) is 4.99 Å². The van der Waals surface area contributed by atoms with Crippen LogP contribution in [-0.2, 0) is 0 Å². The van der Waals surface area contributed by atoms with Crippen LogP contribution in [0.2, 0.25) is 0 Å². The van der Waals surface area contributed by atoms with Crippen LogP contribution < -0.4 is 11.5 Å². The lowest BCUT2D eigenvalue weighted by Crippen LogP contribution is -2.14. The molecular weight excluding hydrogens is 150 g/mol. The van der Waals surface area contributed by atoms with Gasteiger partial charge < -0.3 is 11.5 Å². The average Bonchev–Trinajstić information content (AvgIpc) is 2.26. The SMILES string of the molecule is NCCCC1CCCCC(N)=N1. The molecule has 0 aromatic carbocycles. The van der Waals surface area contributed by atoms with Crippen LogP contribution in [0, 0.1) is 0 Å². The Hall–Kier alpha value is -0.570. The van der Waals surface area contributed by atoms with E-state index in [1.807, 2.05) is 0 Å². The third-order valence-electron chi connectivity index (χ3n) is 2.31. The number of aliphatic imine (C=N–C) groups is 1. The summed E-state index contributed by atoms with van der Waals surface area (Å²) < 4.78 is 0. The van der Waals surface area contributed by atoms with E-state index in [0.717, 1.165) is 31.6 Å². The van der Waals surface area contributed by atoms with Crippen LogP contribution >= 0.6 is 0 Å². The maximum absolute atomic E-state index is 5.72. The van der Waals surface area contributed by atoms with E-state index in [1.54, 1.807) is 0 Å². The molecule has 70 valence electrons. The summed E-state index contributed by atoms with van der Waals surface area (Å²) >= 11 is 0. The highest BCUT2D eigenvalue weighted by Gasteiger charge is 2.10. The fraction of sp³-hybridized carbons (Fsp3) is 0.889. The number of nitrogens with zero attached hydrogens (tertiary/aromatic N) is 1. The summed E-state index contributed by atoms with van der Waals surface area (Å²) in [5.74, 6) is 0.842. The minimum Gasteiger partial charge on any atom is -0.387 e. The molecule has 0 saturated heterocycles. The van der Waals surface area contributed by atoms with Crippen LogP contribution in [0.1, 0.15) is 38.5 Å². The third kappa shape index (κ3) is 3.22. The van der Waals surface area contributed by atoms with E-state index in [1.165, 1.54) is 19.3 Å². The summed E-state index contributed by atoms with van der Waals surface area (Å²) in [5, 5.41) is 0. The lowest BCUT2D eigenvalue weighted by atomic mass is 10.1. The molecule has 3 heteroatoms. The second kappa shape index (κ2) is 5.14. The molecule has 4 N–H and O–H groups in total. The largest absolute Gasteiger partial charge is 0.387 e. The predicted octanol–water partition coefficient (Wildman–Crippen LogP) is 1.03. The Balaban J connectivity index is 2.34. The maximum atomic E-state index is 5.72. The zero-order chi connectivity index (χ0) is 8.81. The minimum atomic E-state index is 0.455. The van der Waals surface area contributed by atoms with Gasteiger partial charge in [-0.2, -0.15) is 0 Å². The lowest BCUT2D eigenvalue weighted by molar-refractivity contribution is 0.538. The van der Waals surface area contributed by atoms with Gasteiger partial charge in [-0.05, 0) is 32.2 Å². The minimum absolute atomic E-state index is 0.455. The van der Waals surface area contributed by atoms with Gasteiger partial charge in [0, 0.05) is 6.42 Å². The van der Waals surface area contributed by atoms with E-state index in [-0.39, 0.29) is 0 Å². The van der Waals surface area contributed by atoms with E-state index in [4.69, 9.17) is 11.5 Å². The van der Waals surface area contributed by atoms with Crippen molar-refractivity contribution < 1.29 is 0 Å². The topological polar surface area (TPSA) is 64.4 Å². The molecule has 12 heavy (non-hydrogen) atoms. The molecule has 0 bridgehead atoms. The quantitative estimate of drug-likeness (QED) is 0.662. The van der Waals surface area contributed by atoms with E-state index in [0.29, 0.717) is 6.04 Å². The number of hydrogen-bond acceptors (Lipinski definition) is 3. The van der Waals surface area contributed by atoms with Crippen molar-refractivity contribution in [1.82, 2.24) is 0 Å². The van der Waals surface area contributed by atoms with Gasteiger partial charge in [-0.3, -0.25) is 4.99 Å². The average molecular weight is 169 g/mol. The Morgan fingerprint density at radius 3 is 3.00 bits per heavy atom. The van der Waals surface area contributed by atoms with Crippen molar-refractivity contribution in [2.75, 3.05) is 6.54 Å².